The van der Waals surface area contributed by atoms with Crippen LogP contribution >= 0.6 is 11.6 Å². The number of pyridine rings is 1. The van der Waals surface area contributed by atoms with Crippen molar-refractivity contribution in [3.63, 3.8) is 0 Å². The number of halogens is 1. The molecule has 3 nitrogen and oxygen atoms in total. The number of nitrogens with one attached hydrogen (secondary N) is 1. The van der Waals surface area contributed by atoms with Crippen LogP contribution in [0.3, 0.4) is 0 Å². The maximum Gasteiger partial charge on any atom is 0.146 e. The average molecular weight is 299 g/mol. The maximum atomic E-state index is 6.26. The molecule has 1 heterocycles. The van der Waals surface area contributed by atoms with Crippen molar-refractivity contribution in [1.82, 2.24) is 10.3 Å². The Kier molecular flexibility index (Phi) is 4.04. The molecule has 0 amide bonds. The summed E-state index contributed by atoms with van der Waals surface area (Å²) in [5, 5.41) is 4.78. The number of ether oxygens (including phenoxy) is 1. The van der Waals surface area contributed by atoms with Crippen LogP contribution in [0.25, 0.3) is 10.9 Å². The highest BCUT2D eigenvalue weighted by molar-refractivity contribution is 6.32. The zero-order chi connectivity index (χ0) is 14.7. The van der Waals surface area contributed by atoms with Crippen molar-refractivity contribution in [1.29, 1.82) is 0 Å². The lowest BCUT2D eigenvalue weighted by Crippen LogP contribution is -2.04. The van der Waals surface area contributed by atoms with E-state index in [2.05, 4.69) is 10.3 Å². The van der Waals surface area contributed by atoms with Crippen molar-refractivity contribution >= 4 is 22.5 Å². The molecule has 0 aliphatic rings. The van der Waals surface area contributed by atoms with Gasteiger partial charge in [0.2, 0.25) is 0 Å². The quantitative estimate of drug-likeness (QED) is 0.775. The summed E-state index contributed by atoms with van der Waals surface area (Å²) < 4.78 is 5.86. The van der Waals surface area contributed by atoms with Crippen LogP contribution in [0, 0.1) is 0 Å². The highest BCUT2D eigenvalue weighted by atomic mass is 35.5. The van der Waals surface area contributed by atoms with Crippen LogP contribution in [0.2, 0.25) is 5.02 Å². The molecule has 1 N–H and O–H groups in total. The zero-order valence-corrected chi connectivity index (χ0v) is 12.4. The van der Waals surface area contributed by atoms with E-state index in [-0.39, 0.29) is 0 Å². The van der Waals surface area contributed by atoms with Crippen LogP contribution in [0.4, 0.5) is 0 Å². The van der Waals surface area contributed by atoms with Gasteiger partial charge in [-0.25, -0.2) is 0 Å². The summed E-state index contributed by atoms with van der Waals surface area (Å²) >= 11 is 6.26. The molecule has 2 aromatic carbocycles. The van der Waals surface area contributed by atoms with Crippen LogP contribution in [-0.4, -0.2) is 12.0 Å². The van der Waals surface area contributed by atoms with Gasteiger partial charge in [0.15, 0.2) is 0 Å². The Hall–Kier alpha value is -2.10. The molecule has 3 rings (SSSR count). The van der Waals surface area contributed by atoms with E-state index in [1.807, 2.05) is 55.6 Å². The van der Waals surface area contributed by atoms with Crippen molar-refractivity contribution < 1.29 is 4.74 Å². The van der Waals surface area contributed by atoms with E-state index in [0.717, 1.165) is 28.8 Å². The van der Waals surface area contributed by atoms with Crippen LogP contribution in [0.15, 0.2) is 54.7 Å². The molecule has 4 heteroatoms. The van der Waals surface area contributed by atoms with E-state index in [1.165, 1.54) is 0 Å². The second-order valence-electron chi connectivity index (χ2n) is 4.76. The molecule has 0 radical (unpaired) electrons. The fraction of sp³-hybridized carbons (Fsp3) is 0.118. The standard InChI is InChI=1S/C17H15ClN2O/c1-19-11-12-4-7-17(15(18)9-12)21-14-6-5-13-3-2-8-20-16(13)10-14/h2-10,19H,11H2,1H3. The molecule has 0 bridgehead atoms. The van der Waals surface area contributed by atoms with Gasteiger partial charge in [0.05, 0.1) is 10.5 Å². The monoisotopic (exact) mass is 298 g/mol. The van der Waals surface area contributed by atoms with Crippen molar-refractivity contribution in [3.05, 3.63) is 65.3 Å². The molecule has 106 valence electrons. The number of benzene rings is 2. The second kappa shape index (κ2) is 6.12. The summed E-state index contributed by atoms with van der Waals surface area (Å²) in [6, 6.07) is 15.5. The molecule has 0 fully saturated rings. The molecule has 21 heavy (non-hydrogen) atoms. The molecular weight excluding hydrogens is 284 g/mol. The predicted molar refractivity (Wildman–Crippen MR) is 86.0 cm³/mol. The summed E-state index contributed by atoms with van der Waals surface area (Å²) in [7, 11) is 1.90. The van der Waals surface area contributed by atoms with Crippen LogP contribution in [0.1, 0.15) is 5.56 Å². The van der Waals surface area contributed by atoms with Gasteiger partial charge in [-0.3, -0.25) is 4.98 Å². The van der Waals surface area contributed by atoms with Crippen molar-refractivity contribution in [2.24, 2.45) is 0 Å². The Morgan fingerprint density at radius 2 is 2.05 bits per heavy atom. The van der Waals surface area contributed by atoms with Gasteiger partial charge < -0.3 is 10.1 Å². The zero-order valence-electron chi connectivity index (χ0n) is 11.6. The van der Waals surface area contributed by atoms with Crippen LogP contribution in [-0.2, 0) is 6.54 Å². The van der Waals surface area contributed by atoms with Crippen LogP contribution < -0.4 is 10.1 Å². The van der Waals surface area contributed by atoms with E-state index in [0.29, 0.717) is 10.8 Å². The van der Waals surface area contributed by atoms with Gasteiger partial charge in [0, 0.05) is 24.2 Å². The number of hydrogen-bond acceptors (Lipinski definition) is 3. The first-order valence-corrected chi connectivity index (χ1v) is 7.10. The molecule has 0 saturated carbocycles. The van der Waals surface area contributed by atoms with Gasteiger partial charge in [-0.1, -0.05) is 23.7 Å². The Balaban J connectivity index is 1.87. The molecule has 0 spiro atoms. The minimum absolute atomic E-state index is 0.601. The first kappa shape index (κ1) is 13.9. The van der Waals surface area contributed by atoms with E-state index in [1.54, 1.807) is 6.20 Å². The smallest absolute Gasteiger partial charge is 0.146 e. The number of aromatic nitrogens is 1. The van der Waals surface area contributed by atoms with Crippen molar-refractivity contribution in [2.75, 3.05) is 7.05 Å². The molecule has 0 unspecified atom stereocenters. The van der Waals surface area contributed by atoms with Crippen molar-refractivity contribution in [2.45, 2.75) is 6.54 Å². The predicted octanol–water partition coefficient (Wildman–Crippen LogP) is 4.40. The summed E-state index contributed by atoms with van der Waals surface area (Å²) in [5.74, 6) is 1.37. The molecule has 0 aliphatic carbocycles. The number of nitrogens with zero attached hydrogens (tertiary/aromatic N) is 1. The number of rotatable bonds is 4. The molecule has 0 atom stereocenters. The molecule has 0 saturated heterocycles. The van der Waals surface area contributed by atoms with Gasteiger partial charge in [0.1, 0.15) is 11.5 Å². The fourth-order valence-electron chi connectivity index (χ4n) is 2.18. The first-order valence-electron chi connectivity index (χ1n) is 6.72. The van der Waals surface area contributed by atoms with E-state index in [9.17, 15) is 0 Å². The molecule has 3 aromatic rings. The average Bonchev–Trinajstić information content (AvgIpc) is 2.50. The lowest BCUT2D eigenvalue weighted by atomic mass is 10.2. The minimum atomic E-state index is 0.601. The molecule has 1 aromatic heterocycles. The highest BCUT2D eigenvalue weighted by Crippen LogP contribution is 2.31. The Morgan fingerprint density at radius 3 is 2.86 bits per heavy atom. The normalized spacial score (nSPS) is 10.8. The Morgan fingerprint density at radius 1 is 1.14 bits per heavy atom. The highest BCUT2D eigenvalue weighted by Gasteiger charge is 2.05. The Labute approximate surface area is 128 Å². The topological polar surface area (TPSA) is 34.1 Å². The van der Waals surface area contributed by atoms with Gasteiger partial charge >= 0.3 is 0 Å². The van der Waals surface area contributed by atoms with Gasteiger partial charge in [-0.15, -0.1) is 0 Å². The number of fused-ring (bicyclic) bond motifs is 1. The third-order valence-electron chi connectivity index (χ3n) is 3.18. The SMILES string of the molecule is CNCc1ccc(Oc2ccc3cccnc3c2)c(Cl)c1. The third kappa shape index (κ3) is 3.15. The maximum absolute atomic E-state index is 6.26. The summed E-state index contributed by atoms with van der Waals surface area (Å²) in [6.45, 7) is 0.778. The van der Waals surface area contributed by atoms with Gasteiger partial charge in [-0.2, -0.15) is 0 Å². The third-order valence-corrected chi connectivity index (χ3v) is 3.48. The first-order chi connectivity index (χ1) is 10.3. The Bertz CT molecular complexity index is 774. The molecule has 0 aliphatic heterocycles. The van der Waals surface area contributed by atoms with Gasteiger partial charge in [0.25, 0.3) is 0 Å². The summed E-state index contributed by atoms with van der Waals surface area (Å²) in [4.78, 5) is 4.32. The largest absolute Gasteiger partial charge is 0.456 e. The lowest BCUT2D eigenvalue weighted by Gasteiger charge is -2.09. The molecular formula is C17H15ClN2O. The van der Waals surface area contributed by atoms with E-state index >= 15 is 0 Å². The fourth-order valence-corrected chi connectivity index (χ4v) is 2.42. The lowest BCUT2D eigenvalue weighted by molar-refractivity contribution is 0.483. The summed E-state index contributed by atoms with van der Waals surface area (Å²) in [5.41, 5.74) is 2.02. The van der Waals surface area contributed by atoms with Crippen molar-refractivity contribution in [3.8, 4) is 11.5 Å². The van der Waals surface area contributed by atoms with Crippen LogP contribution in [0.5, 0.6) is 11.5 Å². The van der Waals surface area contributed by atoms with Gasteiger partial charge in [-0.05, 0) is 42.9 Å². The second-order valence-corrected chi connectivity index (χ2v) is 5.16. The van der Waals surface area contributed by atoms with E-state index < -0.39 is 0 Å². The summed E-state index contributed by atoms with van der Waals surface area (Å²) in [6.07, 6.45) is 1.77. The number of hydrogen-bond donors (Lipinski definition) is 1. The van der Waals surface area contributed by atoms with E-state index in [4.69, 9.17) is 16.3 Å². The minimum Gasteiger partial charge on any atom is -0.456 e.